The average molecular weight is 284 g/mol. The Morgan fingerprint density at radius 1 is 0.700 bits per heavy atom. The second-order valence-electron chi connectivity index (χ2n) is 3.19. The molecule has 0 unspecified atom stereocenters. The van der Waals surface area contributed by atoms with E-state index in [0.29, 0.717) is 0 Å². The van der Waals surface area contributed by atoms with E-state index in [2.05, 4.69) is 18.9 Å². The predicted molar refractivity (Wildman–Crippen MR) is 68.5 cm³/mol. The van der Waals surface area contributed by atoms with Crippen molar-refractivity contribution < 1.29 is 33.3 Å². The molecule has 0 radical (unpaired) electrons. The molecule has 0 bridgehead atoms. The van der Waals surface area contributed by atoms with E-state index in [1.54, 1.807) is 12.1 Å². The molecular formula is C13H16O7. The molecule has 0 saturated carbocycles. The van der Waals surface area contributed by atoms with Gasteiger partial charge in [-0.1, -0.05) is 12.1 Å². The number of benzene rings is 1. The Kier molecular flexibility index (Phi) is 8.17. The van der Waals surface area contributed by atoms with Gasteiger partial charge in [0.05, 0.1) is 39.6 Å². The Morgan fingerprint density at radius 2 is 1.05 bits per heavy atom. The highest BCUT2D eigenvalue weighted by atomic mass is 16.7. The van der Waals surface area contributed by atoms with Crippen LogP contribution in [0.25, 0.3) is 0 Å². The lowest BCUT2D eigenvalue weighted by Crippen LogP contribution is -2.11. The molecule has 0 atom stereocenters. The standard InChI is InChI=1S/C10H10O4.C3H6O3/c1-13-9(11)7-5-3-4-6-8(7)10(12)14-2;1-5-3(4)6-2/h3-6H,1-2H3;1-2H3. The minimum absolute atomic E-state index is 0.210. The first-order valence-corrected chi connectivity index (χ1v) is 5.39. The van der Waals surface area contributed by atoms with Gasteiger partial charge in [-0.3, -0.25) is 0 Å². The highest BCUT2D eigenvalue weighted by molar-refractivity contribution is 6.02. The summed E-state index contributed by atoms with van der Waals surface area (Å²) in [6, 6.07) is 6.33. The van der Waals surface area contributed by atoms with Gasteiger partial charge in [-0.15, -0.1) is 0 Å². The molecule has 0 heterocycles. The molecule has 110 valence electrons. The van der Waals surface area contributed by atoms with Crippen molar-refractivity contribution in [2.75, 3.05) is 28.4 Å². The minimum atomic E-state index is -0.657. The SMILES string of the molecule is COC(=O)OC.COC(=O)c1ccccc1C(=O)OC. The first-order valence-electron chi connectivity index (χ1n) is 5.39. The summed E-state index contributed by atoms with van der Waals surface area (Å²) >= 11 is 0. The molecule has 1 aromatic carbocycles. The van der Waals surface area contributed by atoms with Gasteiger partial charge in [0.25, 0.3) is 0 Å². The van der Waals surface area contributed by atoms with Crippen LogP contribution in [-0.2, 0) is 18.9 Å². The van der Waals surface area contributed by atoms with Crippen LogP contribution in [-0.4, -0.2) is 46.5 Å². The third kappa shape index (κ3) is 5.38. The van der Waals surface area contributed by atoms with Crippen molar-refractivity contribution in [1.29, 1.82) is 0 Å². The molecule has 0 aromatic heterocycles. The van der Waals surface area contributed by atoms with Crippen molar-refractivity contribution in [2.24, 2.45) is 0 Å². The van der Waals surface area contributed by atoms with Gasteiger partial charge in [0, 0.05) is 0 Å². The smallest absolute Gasteiger partial charge is 0.465 e. The first kappa shape index (κ1) is 17.4. The maximum Gasteiger partial charge on any atom is 0.507 e. The third-order valence-electron chi connectivity index (χ3n) is 2.07. The van der Waals surface area contributed by atoms with Crippen LogP contribution >= 0.6 is 0 Å². The summed E-state index contributed by atoms with van der Waals surface area (Å²) in [5, 5.41) is 0. The fraction of sp³-hybridized carbons (Fsp3) is 0.308. The summed E-state index contributed by atoms with van der Waals surface area (Å²) in [7, 11) is 5.03. The number of hydrogen-bond acceptors (Lipinski definition) is 7. The van der Waals surface area contributed by atoms with Gasteiger partial charge < -0.3 is 18.9 Å². The molecule has 1 aromatic rings. The molecule has 0 N–H and O–H groups in total. The lowest BCUT2D eigenvalue weighted by molar-refractivity contribution is 0.0555. The summed E-state index contributed by atoms with van der Waals surface area (Å²) < 4.78 is 17.1. The van der Waals surface area contributed by atoms with Crippen molar-refractivity contribution in [2.45, 2.75) is 0 Å². The first-order chi connectivity index (χ1) is 9.51. The number of ether oxygens (including phenoxy) is 4. The van der Waals surface area contributed by atoms with Crippen molar-refractivity contribution in [3.8, 4) is 0 Å². The van der Waals surface area contributed by atoms with Crippen LogP contribution in [0.4, 0.5) is 4.79 Å². The van der Waals surface area contributed by atoms with Gasteiger partial charge in [-0.2, -0.15) is 0 Å². The van der Waals surface area contributed by atoms with Gasteiger partial charge in [-0.25, -0.2) is 14.4 Å². The zero-order valence-electron chi connectivity index (χ0n) is 11.7. The van der Waals surface area contributed by atoms with E-state index in [1.165, 1.54) is 40.6 Å². The zero-order chi connectivity index (χ0) is 15.5. The van der Waals surface area contributed by atoms with E-state index in [0.717, 1.165) is 0 Å². The average Bonchev–Trinajstić information content (AvgIpc) is 2.52. The predicted octanol–water partition coefficient (Wildman–Crippen LogP) is 1.66. The molecule has 20 heavy (non-hydrogen) atoms. The molecule has 0 aliphatic carbocycles. The summed E-state index contributed by atoms with van der Waals surface area (Å²) in [6.45, 7) is 0. The normalized spacial score (nSPS) is 8.60. The van der Waals surface area contributed by atoms with Gasteiger partial charge in [0.2, 0.25) is 0 Å². The van der Waals surface area contributed by atoms with E-state index in [4.69, 9.17) is 0 Å². The molecule has 7 nitrogen and oxygen atoms in total. The van der Waals surface area contributed by atoms with Crippen molar-refractivity contribution in [3.63, 3.8) is 0 Å². The zero-order valence-corrected chi connectivity index (χ0v) is 11.7. The van der Waals surface area contributed by atoms with E-state index < -0.39 is 18.1 Å². The Labute approximate surface area is 116 Å². The van der Waals surface area contributed by atoms with Crippen molar-refractivity contribution >= 4 is 18.1 Å². The number of esters is 2. The van der Waals surface area contributed by atoms with Gasteiger partial charge >= 0.3 is 18.1 Å². The van der Waals surface area contributed by atoms with Crippen LogP contribution in [0, 0.1) is 0 Å². The Morgan fingerprint density at radius 3 is 1.25 bits per heavy atom. The second kappa shape index (κ2) is 9.37. The Balaban J connectivity index is 0.000000511. The molecule has 1 rings (SSSR count). The van der Waals surface area contributed by atoms with Crippen LogP contribution in [0.15, 0.2) is 24.3 Å². The molecule has 0 spiro atoms. The molecule has 0 aliphatic heterocycles. The highest BCUT2D eigenvalue weighted by Gasteiger charge is 2.16. The molecule has 0 amide bonds. The summed E-state index contributed by atoms with van der Waals surface area (Å²) in [6.07, 6.45) is -0.657. The number of carbonyl (C=O) groups excluding carboxylic acids is 3. The van der Waals surface area contributed by atoms with Crippen LogP contribution < -0.4 is 0 Å². The van der Waals surface area contributed by atoms with Gasteiger partial charge in [0.15, 0.2) is 0 Å². The molecule has 0 aliphatic rings. The number of methoxy groups -OCH3 is 4. The molecule has 0 fully saturated rings. The quantitative estimate of drug-likeness (QED) is 0.602. The summed E-state index contributed by atoms with van der Waals surface area (Å²) in [4.78, 5) is 32.2. The van der Waals surface area contributed by atoms with E-state index >= 15 is 0 Å². The fourth-order valence-electron chi connectivity index (χ4n) is 1.14. The van der Waals surface area contributed by atoms with E-state index in [-0.39, 0.29) is 11.1 Å². The minimum Gasteiger partial charge on any atom is -0.465 e. The van der Waals surface area contributed by atoms with Gasteiger partial charge in [-0.05, 0) is 12.1 Å². The monoisotopic (exact) mass is 284 g/mol. The summed E-state index contributed by atoms with van der Waals surface area (Å²) in [5.74, 6) is -1.10. The largest absolute Gasteiger partial charge is 0.507 e. The maximum absolute atomic E-state index is 11.2. The number of carbonyl (C=O) groups is 3. The highest BCUT2D eigenvalue weighted by Crippen LogP contribution is 2.10. The molecule has 7 heteroatoms. The maximum atomic E-state index is 11.2. The second-order valence-corrected chi connectivity index (χ2v) is 3.19. The lowest BCUT2D eigenvalue weighted by atomic mass is 10.1. The van der Waals surface area contributed by atoms with Crippen LogP contribution in [0.1, 0.15) is 20.7 Å². The lowest BCUT2D eigenvalue weighted by Gasteiger charge is -2.04. The van der Waals surface area contributed by atoms with Crippen LogP contribution in [0.3, 0.4) is 0 Å². The number of rotatable bonds is 2. The van der Waals surface area contributed by atoms with Crippen molar-refractivity contribution in [3.05, 3.63) is 35.4 Å². The van der Waals surface area contributed by atoms with Gasteiger partial charge in [0.1, 0.15) is 0 Å². The molecular weight excluding hydrogens is 268 g/mol. The Hall–Kier alpha value is -2.57. The van der Waals surface area contributed by atoms with E-state index in [1.807, 2.05) is 0 Å². The fourth-order valence-corrected chi connectivity index (χ4v) is 1.14. The number of hydrogen-bond donors (Lipinski definition) is 0. The van der Waals surface area contributed by atoms with Crippen molar-refractivity contribution in [1.82, 2.24) is 0 Å². The Bertz CT molecular complexity index is 427. The van der Waals surface area contributed by atoms with E-state index in [9.17, 15) is 14.4 Å². The summed E-state index contributed by atoms with van der Waals surface area (Å²) in [5.41, 5.74) is 0.420. The van der Waals surface area contributed by atoms with Crippen LogP contribution in [0.2, 0.25) is 0 Å². The molecule has 0 saturated heterocycles. The van der Waals surface area contributed by atoms with Crippen LogP contribution in [0.5, 0.6) is 0 Å². The third-order valence-corrected chi connectivity index (χ3v) is 2.07. The topological polar surface area (TPSA) is 88.1 Å².